The lowest BCUT2D eigenvalue weighted by Crippen LogP contribution is -2.47. The maximum absolute atomic E-state index is 12.7. The normalized spacial score (nSPS) is 16.7. The molecule has 0 aliphatic carbocycles. The van der Waals surface area contributed by atoms with Gasteiger partial charge in [0.25, 0.3) is 0 Å². The number of anilines is 1. The van der Waals surface area contributed by atoms with Crippen molar-refractivity contribution >= 4 is 29.0 Å². The summed E-state index contributed by atoms with van der Waals surface area (Å²) in [6.45, 7) is 9.06. The first kappa shape index (κ1) is 24.3. The molecule has 2 heterocycles. The molecule has 2 aliphatic heterocycles. The molecule has 2 aliphatic rings. The Morgan fingerprint density at radius 3 is 2.47 bits per heavy atom. The molecule has 172 valence electrons. The molecule has 2 aromatic rings. The van der Waals surface area contributed by atoms with Crippen molar-refractivity contribution in [3.05, 3.63) is 58.6 Å². The summed E-state index contributed by atoms with van der Waals surface area (Å²) in [6.07, 6.45) is 2.99. The van der Waals surface area contributed by atoms with E-state index in [0.717, 1.165) is 61.5 Å². The number of nitrogens with one attached hydrogen (secondary N) is 1. The van der Waals surface area contributed by atoms with Gasteiger partial charge < -0.3 is 10.1 Å². The SMILES string of the molecule is CC.CCCC(=O)c1ccc(OCCN2CCC3(CC2)C(=O)Nc2ccc(Cl)cc23)cc1. The molecular formula is C26H33ClN2O3. The number of carbonyl (C=O) groups is 2. The molecule has 5 nitrogen and oxygen atoms in total. The van der Waals surface area contributed by atoms with Crippen LogP contribution in [-0.2, 0) is 10.2 Å². The number of amides is 1. The number of Topliss-reactive ketones (excluding diaryl/α,β-unsaturated/α-hetero) is 1. The van der Waals surface area contributed by atoms with Crippen molar-refractivity contribution in [1.29, 1.82) is 0 Å². The van der Waals surface area contributed by atoms with Crippen LogP contribution in [-0.4, -0.2) is 42.8 Å². The summed E-state index contributed by atoms with van der Waals surface area (Å²) >= 11 is 6.19. The zero-order chi connectivity index (χ0) is 23.1. The molecule has 1 amide bonds. The number of ether oxygens (including phenoxy) is 1. The molecule has 1 spiro atoms. The number of nitrogens with zero attached hydrogens (tertiary/aromatic N) is 1. The lowest BCUT2D eigenvalue weighted by molar-refractivity contribution is -0.122. The van der Waals surface area contributed by atoms with Crippen molar-refractivity contribution in [2.24, 2.45) is 0 Å². The number of likely N-dealkylation sites (tertiary alicyclic amines) is 1. The third kappa shape index (κ3) is 5.16. The molecule has 1 N–H and O–H groups in total. The summed E-state index contributed by atoms with van der Waals surface area (Å²) < 4.78 is 5.86. The van der Waals surface area contributed by atoms with Crippen LogP contribution in [0.15, 0.2) is 42.5 Å². The van der Waals surface area contributed by atoms with Crippen molar-refractivity contribution in [3.63, 3.8) is 0 Å². The minimum Gasteiger partial charge on any atom is -0.492 e. The molecule has 4 rings (SSSR count). The fourth-order valence-corrected chi connectivity index (χ4v) is 4.61. The maximum atomic E-state index is 12.7. The number of piperidine rings is 1. The fourth-order valence-electron chi connectivity index (χ4n) is 4.44. The second-order valence-corrected chi connectivity index (χ2v) is 8.55. The number of hydrogen-bond donors (Lipinski definition) is 1. The van der Waals surface area contributed by atoms with Crippen molar-refractivity contribution in [2.75, 3.05) is 31.6 Å². The van der Waals surface area contributed by atoms with E-state index in [-0.39, 0.29) is 11.7 Å². The molecule has 0 saturated carbocycles. The smallest absolute Gasteiger partial charge is 0.235 e. The average molecular weight is 457 g/mol. The monoisotopic (exact) mass is 456 g/mol. The van der Waals surface area contributed by atoms with Crippen LogP contribution in [0, 0.1) is 0 Å². The molecule has 0 aromatic heterocycles. The zero-order valence-corrected chi connectivity index (χ0v) is 20.0. The Morgan fingerprint density at radius 2 is 1.81 bits per heavy atom. The van der Waals surface area contributed by atoms with Crippen LogP contribution in [0.5, 0.6) is 5.75 Å². The molecule has 1 saturated heterocycles. The predicted molar refractivity (Wildman–Crippen MR) is 130 cm³/mol. The summed E-state index contributed by atoms with van der Waals surface area (Å²) in [6, 6.07) is 13.0. The largest absolute Gasteiger partial charge is 0.492 e. The third-order valence-corrected chi connectivity index (χ3v) is 6.45. The molecule has 6 heteroatoms. The second-order valence-electron chi connectivity index (χ2n) is 8.11. The molecule has 1 fully saturated rings. The van der Waals surface area contributed by atoms with E-state index in [0.29, 0.717) is 18.1 Å². The van der Waals surface area contributed by atoms with Crippen LogP contribution >= 0.6 is 11.6 Å². The number of halogens is 1. The number of carbonyl (C=O) groups excluding carboxylic acids is 2. The highest BCUT2D eigenvalue weighted by Gasteiger charge is 2.48. The zero-order valence-electron chi connectivity index (χ0n) is 19.2. The molecule has 0 unspecified atom stereocenters. The summed E-state index contributed by atoms with van der Waals surface area (Å²) in [4.78, 5) is 27.0. The number of hydrogen-bond acceptors (Lipinski definition) is 4. The van der Waals surface area contributed by atoms with Gasteiger partial charge in [0.15, 0.2) is 5.78 Å². The van der Waals surface area contributed by atoms with Crippen LogP contribution in [0.2, 0.25) is 5.02 Å². The van der Waals surface area contributed by atoms with E-state index in [1.165, 1.54) is 0 Å². The lowest BCUT2D eigenvalue weighted by atomic mass is 9.73. The van der Waals surface area contributed by atoms with Gasteiger partial charge >= 0.3 is 0 Å². The molecule has 0 radical (unpaired) electrons. The predicted octanol–water partition coefficient (Wildman–Crippen LogP) is 5.71. The van der Waals surface area contributed by atoms with E-state index in [2.05, 4.69) is 10.2 Å². The molecular weight excluding hydrogens is 424 g/mol. The topological polar surface area (TPSA) is 58.6 Å². The van der Waals surface area contributed by atoms with E-state index in [9.17, 15) is 9.59 Å². The van der Waals surface area contributed by atoms with Gasteiger partial charge in [0.2, 0.25) is 5.91 Å². The van der Waals surface area contributed by atoms with Crippen LogP contribution in [0.1, 0.15) is 62.4 Å². The Hall–Kier alpha value is -2.37. The van der Waals surface area contributed by atoms with Crippen LogP contribution < -0.4 is 10.1 Å². The van der Waals surface area contributed by atoms with E-state index in [4.69, 9.17) is 16.3 Å². The van der Waals surface area contributed by atoms with E-state index in [1.807, 2.05) is 63.2 Å². The number of ketones is 1. The Kier molecular flexibility index (Phi) is 8.32. The van der Waals surface area contributed by atoms with Crippen LogP contribution in [0.4, 0.5) is 5.69 Å². The minimum absolute atomic E-state index is 0.0911. The van der Waals surface area contributed by atoms with Gasteiger partial charge in [-0.1, -0.05) is 32.4 Å². The van der Waals surface area contributed by atoms with Crippen molar-refractivity contribution in [2.45, 2.75) is 51.9 Å². The second kappa shape index (κ2) is 11.0. The molecule has 0 atom stereocenters. The highest BCUT2D eigenvalue weighted by atomic mass is 35.5. The van der Waals surface area contributed by atoms with Gasteiger partial charge in [-0.05, 0) is 80.4 Å². The maximum Gasteiger partial charge on any atom is 0.235 e. The minimum atomic E-state index is -0.460. The fraction of sp³-hybridized carbons (Fsp3) is 0.462. The number of fused-ring (bicyclic) bond motifs is 2. The molecule has 2 aromatic carbocycles. The van der Waals surface area contributed by atoms with Crippen molar-refractivity contribution in [3.8, 4) is 5.75 Å². The van der Waals surface area contributed by atoms with Crippen molar-refractivity contribution in [1.82, 2.24) is 4.90 Å². The third-order valence-electron chi connectivity index (χ3n) is 6.22. The Bertz CT molecular complexity index is 935. The Labute approximate surface area is 196 Å². The highest BCUT2D eigenvalue weighted by molar-refractivity contribution is 6.31. The first-order valence-corrected chi connectivity index (χ1v) is 12.0. The summed E-state index contributed by atoms with van der Waals surface area (Å²) in [5.41, 5.74) is 2.20. The Balaban J connectivity index is 0.00000141. The quantitative estimate of drug-likeness (QED) is 0.542. The van der Waals surface area contributed by atoms with Gasteiger partial charge in [-0.25, -0.2) is 0 Å². The average Bonchev–Trinajstić information content (AvgIpc) is 3.08. The Morgan fingerprint density at radius 1 is 1.12 bits per heavy atom. The van der Waals surface area contributed by atoms with E-state index in [1.54, 1.807) is 0 Å². The van der Waals surface area contributed by atoms with Gasteiger partial charge in [0.05, 0.1) is 5.41 Å². The van der Waals surface area contributed by atoms with Crippen LogP contribution in [0.25, 0.3) is 0 Å². The first-order chi connectivity index (χ1) is 15.5. The first-order valence-electron chi connectivity index (χ1n) is 11.6. The van der Waals surface area contributed by atoms with E-state index >= 15 is 0 Å². The van der Waals surface area contributed by atoms with Crippen molar-refractivity contribution < 1.29 is 14.3 Å². The van der Waals surface area contributed by atoms with Gasteiger partial charge in [-0.15, -0.1) is 0 Å². The van der Waals surface area contributed by atoms with Gasteiger partial charge in [0.1, 0.15) is 12.4 Å². The standard InChI is InChI=1S/C24H27ClN2O3.C2H6/c1-2-3-22(28)17-4-7-19(8-5-17)30-15-14-27-12-10-24(11-13-27)20-16-18(25)6-9-21(20)26-23(24)29;1-2/h4-9,16H,2-3,10-15H2,1H3,(H,26,29);1-2H3. The van der Waals surface area contributed by atoms with Gasteiger partial charge in [-0.2, -0.15) is 0 Å². The molecule has 32 heavy (non-hydrogen) atoms. The molecule has 0 bridgehead atoms. The summed E-state index contributed by atoms with van der Waals surface area (Å²) in [5, 5.41) is 3.69. The van der Waals surface area contributed by atoms with Crippen LogP contribution in [0.3, 0.4) is 0 Å². The lowest BCUT2D eigenvalue weighted by Gasteiger charge is -2.37. The number of rotatable bonds is 7. The van der Waals surface area contributed by atoms with Gasteiger partial charge in [0, 0.05) is 29.2 Å². The van der Waals surface area contributed by atoms with Gasteiger partial charge in [-0.3, -0.25) is 14.5 Å². The summed E-state index contributed by atoms with van der Waals surface area (Å²) in [7, 11) is 0. The van der Waals surface area contributed by atoms with E-state index < -0.39 is 5.41 Å². The highest BCUT2D eigenvalue weighted by Crippen LogP contribution is 2.45. The summed E-state index contributed by atoms with van der Waals surface area (Å²) in [5.74, 6) is 1.04. The number of benzene rings is 2.